The van der Waals surface area contributed by atoms with Gasteiger partial charge in [-0.2, -0.15) is 18.3 Å². The third kappa shape index (κ3) is 6.18. The van der Waals surface area contributed by atoms with Crippen molar-refractivity contribution >= 4 is 29.2 Å². The van der Waals surface area contributed by atoms with Crippen LogP contribution in [0.15, 0.2) is 54.7 Å². The lowest BCUT2D eigenvalue weighted by Gasteiger charge is -2.35. The maximum atomic E-state index is 13.9. The molecule has 1 atom stereocenters. The minimum atomic E-state index is -5.29. The number of carbonyl (C=O) groups excluding carboxylic acids is 2. The van der Waals surface area contributed by atoms with Crippen LogP contribution in [0.4, 0.5) is 23.4 Å². The number of nitrogens with two attached hydrogens (primary N) is 1. The van der Waals surface area contributed by atoms with Gasteiger partial charge in [-0.3, -0.25) is 9.59 Å². The van der Waals surface area contributed by atoms with Crippen LogP contribution in [0.25, 0.3) is 5.69 Å². The lowest BCUT2D eigenvalue weighted by atomic mass is 10.0. The highest BCUT2D eigenvalue weighted by atomic mass is 35.5. The van der Waals surface area contributed by atoms with E-state index in [0.29, 0.717) is 10.6 Å². The van der Waals surface area contributed by atoms with Crippen LogP contribution in [0.5, 0.6) is 0 Å². The molecule has 0 bridgehead atoms. The zero-order chi connectivity index (χ0) is 27.4. The number of nitrogens with zero attached hydrogens (tertiary/aromatic N) is 3. The highest BCUT2D eigenvalue weighted by Crippen LogP contribution is 2.32. The predicted molar refractivity (Wildman–Crippen MR) is 126 cm³/mol. The van der Waals surface area contributed by atoms with Gasteiger partial charge in [-0.1, -0.05) is 23.7 Å². The first kappa shape index (κ1) is 27.9. The summed E-state index contributed by atoms with van der Waals surface area (Å²) in [6.45, 7) is -3.91. The first-order valence-corrected chi connectivity index (χ1v) is 11.1. The molecule has 0 aliphatic heterocycles. The van der Waals surface area contributed by atoms with E-state index >= 15 is 0 Å². The highest BCUT2D eigenvalue weighted by molar-refractivity contribution is 6.33. The average Bonchev–Trinajstić information content (AvgIpc) is 3.23. The zero-order valence-electron chi connectivity index (χ0n) is 19.0. The number of anilines is 1. The molecule has 198 valence electrons. The molecule has 0 spiro atoms. The molecule has 0 saturated carbocycles. The molecule has 3 rings (SSSR count). The molecule has 0 aliphatic carbocycles. The van der Waals surface area contributed by atoms with Crippen LogP contribution in [0.2, 0.25) is 5.02 Å². The molecular weight excluding hydrogens is 522 g/mol. The summed E-state index contributed by atoms with van der Waals surface area (Å²) >= 11 is 5.97. The number of rotatable bonds is 9. The van der Waals surface area contributed by atoms with Crippen molar-refractivity contribution in [1.29, 1.82) is 0 Å². The highest BCUT2D eigenvalue weighted by Gasteiger charge is 2.55. The van der Waals surface area contributed by atoms with Gasteiger partial charge >= 0.3 is 6.18 Å². The number of benzene rings is 2. The molecule has 0 fully saturated rings. The summed E-state index contributed by atoms with van der Waals surface area (Å²) in [5, 5.41) is 25.7. The predicted octanol–water partition coefficient (Wildman–Crippen LogP) is 2.40. The van der Waals surface area contributed by atoms with Gasteiger partial charge in [0.25, 0.3) is 11.8 Å². The molecule has 0 saturated heterocycles. The van der Waals surface area contributed by atoms with E-state index in [-0.39, 0.29) is 22.0 Å². The van der Waals surface area contributed by atoms with Gasteiger partial charge in [0.15, 0.2) is 5.60 Å². The molecule has 14 heteroatoms. The van der Waals surface area contributed by atoms with Crippen molar-refractivity contribution in [2.24, 2.45) is 0 Å². The van der Waals surface area contributed by atoms with E-state index in [2.05, 4.69) is 5.10 Å². The maximum absolute atomic E-state index is 13.9. The fourth-order valence-electron chi connectivity index (χ4n) is 3.38. The molecule has 1 unspecified atom stereocenters. The Hall–Kier alpha value is -3.68. The van der Waals surface area contributed by atoms with E-state index in [1.807, 2.05) is 5.32 Å². The summed E-state index contributed by atoms with van der Waals surface area (Å²) in [7, 11) is 0. The minimum Gasteiger partial charge on any atom is -0.395 e. The van der Waals surface area contributed by atoms with Crippen molar-refractivity contribution in [2.75, 3.05) is 32.0 Å². The second kappa shape index (κ2) is 11.2. The number of aliphatic hydroxyl groups is 2. The fraction of sp³-hybridized carbons (Fsp3) is 0.261. The van der Waals surface area contributed by atoms with E-state index < -0.39 is 55.7 Å². The Bertz CT molecular complexity index is 1270. The Morgan fingerprint density at radius 2 is 1.76 bits per heavy atom. The number of halogens is 5. The normalized spacial score (nSPS) is 13.2. The van der Waals surface area contributed by atoms with Gasteiger partial charge in [-0.05, 0) is 36.4 Å². The molecule has 37 heavy (non-hydrogen) atoms. The monoisotopic (exact) mass is 543 g/mol. The van der Waals surface area contributed by atoms with Gasteiger partial charge in [-0.15, -0.1) is 0 Å². The number of carbonyl (C=O) groups is 2. The summed E-state index contributed by atoms with van der Waals surface area (Å²) in [4.78, 5) is 26.1. The van der Waals surface area contributed by atoms with Crippen LogP contribution in [0.3, 0.4) is 0 Å². The van der Waals surface area contributed by atoms with E-state index in [9.17, 15) is 37.4 Å². The van der Waals surface area contributed by atoms with Crippen LogP contribution in [-0.2, 0) is 0 Å². The zero-order valence-corrected chi connectivity index (χ0v) is 19.8. The molecule has 3 aromatic rings. The van der Waals surface area contributed by atoms with Gasteiger partial charge in [-0.25, -0.2) is 9.07 Å². The van der Waals surface area contributed by atoms with Crippen LogP contribution in [-0.4, -0.2) is 74.7 Å². The summed E-state index contributed by atoms with van der Waals surface area (Å²) in [5.74, 6) is -2.81. The lowest BCUT2D eigenvalue weighted by Crippen LogP contribution is -2.60. The molecular formula is C23H22ClF4N5O4. The Morgan fingerprint density at radius 3 is 2.35 bits per heavy atom. The topological polar surface area (TPSA) is 134 Å². The number of hydrogen-bond acceptors (Lipinski definition) is 6. The SMILES string of the molecule is Nc1c(C(=O)NCC(O)(CN(CCO)C(=O)c2ccccc2Cl)C(F)(F)F)cnn1-c1ccc(F)cc1. The third-order valence-electron chi connectivity index (χ3n) is 5.41. The molecule has 0 aliphatic rings. The third-order valence-corrected chi connectivity index (χ3v) is 5.73. The average molecular weight is 544 g/mol. The number of nitrogen functional groups attached to an aromatic ring is 1. The summed E-state index contributed by atoms with van der Waals surface area (Å²) < 4.78 is 56.1. The second-order valence-electron chi connectivity index (χ2n) is 7.97. The summed E-state index contributed by atoms with van der Waals surface area (Å²) in [6.07, 6.45) is -4.29. The van der Waals surface area contributed by atoms with Gasteiger partial charge in [0.1, 0.15) is 17.2 Å². The summed E-state index contributed by atoms with van der Waals surface area (Å²) in [6, 6.07) is 10.5. The van der Waals surface area contributed by atoms with Gasteiger partial charge < -0.3 is 26.2 Å². The Labute approximate surface area is 213 Å². The van der Waals surface area contributed by atoms with E-state index in [0.717, 1.165) is 23.0 Å². The van der Waals surface area contributed by atoms with E-state index in [4.69, 9.17) is 17.3 Å². The fourth-order valence-corrected chi connectivity index (χ4v) is 3.60. The Balaban J connectivity index is 1.81. The second-order valence-corrected chi connectivity index (χ2v) is 8.38. The molecule has 2 amide bonds. The molecule has 1 aromatic heterocycles. The largest absolute Gasteiger partial charge is 0.420 e. The molecule has 9 nitrogen and oxygen atoms in total. The van der Waals surface area contributed by atoms with Crippen LogP contribution >= 0.6 is 11.6 Å². The van der Waals surface area contributed by atoms with Crippen LogP contribution in [0.1, 0.15) is 20.7 Å². The van der Waals surface area contributed by atoms with Crippen molar-refractivity contribution in [1.82, 2.24) is 20.0 Å². The maximum Gasteiger partial charge on any atom is 0.420 e. The van der Waals surface area contributed by atoms with Crippen molar-refractivity contribution in [3.63, 3.8) is 0 Å². The number of aliphatic hydroxyl groups excluding tert-OH is 1. The number of amides is 2. The number of hydrogen-bond donors (Lipinski definition) is 4. The van der Waals surface area contributed by atoms with E-state index in [1.165, 1.54) is 36.4 Å². The van der Waals surface area contributed by atoms with Crippen molar-refractivity contribution in [2.45, 2.75) is 11.8 Å². The Morgan fingerprint density at radius 1 is 1.11 bits per heavy atom. The first-order chi connectivity index (χ1) is 17.4. The van der Waals surface area contributed by atoms with Gasteiger partial charge in [0.2, 0.25) is 0 Å². The van der Waals surface area contributed by atoms with Crippen molar-refractivity contribution in [3.05, 3.63) is 76.7 Å². The van der Waals surface area contributed by atoms with Crippen LogP contribution in [0, 0.1) is 5.82 Å². The first-order valence-electron chi connectivity index (χ1n) is 10.7. The quantitative estimate of drug-likeness (QED) is 0.306. The Kier molecular flexibility index (Phi) is 8.41. The van der Waals surface area contributed by atoms with Gasteiger partial charge in [0, 0.05) is 6.54 Å². The number of aromatic nitrogens is 2. The van der Waals surface area contributed by atoms with Crippen molar-refractivity contribution < 1.29 is 37.4 Å². The standard InChI is InChI=1S/C23H22ClF4N5O4/c24-18-4-2-1-3-16(18)21(36)32(9-10-34)13-22(37,23(26,27)28)12-30-20(35)17-11-31-33(19(17)29)15-7-5-14(25)6-8-15/h1-8,11,34,37H,9-10,12-13,29H2,(H,30,35). The number of alkyl halides is 3. The molecule has 2 aromatic carbocycles. The van der Waals surface area contributed by atoms with Crippen LogP contribution < -0.4 is 11.1 Å². The number of nitrogens with one attached hydrogen (secondary N) is 1. The van der Waals surface area contributed by atoms with Crippen molar-refractivity contribution in [3.8, 4) is 5.69 Å². The molecule has 1 heterocycles. The summed E-state index contributed by atoms with van der Waals surface area (Å²) in [5.41, 5.74) is 2.17. The smallest absolute Gasteiger partial charge is 0.395 e. The minimum absolute atomic E-state index is 0.0343. The lowest BCUT2D eigenvalue weighted by molar-refractivity contribution is -0.260. The van der Waals surface area contributed by atoms with Gasteiger partial charge in [0.05, 0.1) is 42.2 Å². The van der Waals surface area contributed by atoms with E-state index in [1.54, 1.807) is 0 Å². The molecule has 0 radical (unpaired) electrons. The molecule has 5 N–H and O–H groups in total.